The Morgan fingerprint density at radius 3 is 1.85 bits per heavy atom. The van der Waals surface area contributed by atoms with Crippen LogP contribution in [0.3, 0.4) is 0 Å². The molecule has 106 valence electrons. The number of ether oxygens (including phenoxy) is 2. The van der Waals surface area contributed by atoms with Crippen molar-refractivity contribution in [2.45, 2.75) is 13.0 Å². The number of hydrogen-bond donors (Lipinski definition) is 1. The maximum Gasteiger partial charge on any atom is 0.387 e. The van der Waals surface area contributed by atoms with Crippen molar-refractivity contribution in [3.63, 3.8) is 0 Å². The molecule has 0 saturated carbocycles. The molecule has 0 saturated heterocycles. The first-order valence-electron chi connectivity index (χ1n) is 6.19. The summed E-state index contributed by atoms with van der Waals surface area (Å²) in [6.07, 6.45) is 0.819. The highest BCUT2D eigenvalue weighted by atomic mass is 19.3. The first-order valence-corrected chi connectivity index (χ1v) is 6.19. The summed E-state index contributed by atoms with van der Waals surface area (Å²) in [5.74, 6) is 1.33. The third kappa shape index (κ3) is 4.20. The molecule has 0 unspecified atom stereocenters. The average molecular weight is 279 g/mol. The molecule has 0 atom stereocenters. The van der Waals surface area contributed by atoms with Gasteiger partial charge in [-0.2, -0.15) is 8.78 Å². The summed E-state index contributed by atoms with van der Waals surface area (Å²) in [6, 6.07) is 13.6. The Morgan fingerprint density at radius 2 is 1.35 bits per heavy atom. The molecular formula is C15H15F2NO2. The van der Waals surface area contributed by atoms with Gasteiger partial charge < -0.3 is 15.2 Å². The molecular weight excluding hydrogens is 264 g/mol. The zero-order chi connectivity index (χ0) is 14.4. The van der Waals surface area contributed by atoms with Crippen LogP contribution in [0.25, 0.3) is 0 Å². The van der Waals surface area contributed by atoms with Crippen LogP contribution in [-0.4, -0.2) is 13.2 Å². The van der Waals surface area contributed by atoms with E-state index in [0.717, 1.165) is 12.0 Å². The highest BCUT2D eigenvalue weighted by molar-refractivity contribution is 5.36. The zero-order valence-corrected chi connectivity index (χ0v) is 10.8. The quantitative estimate of drug-likeness (QED) is 0.879. The largest absolute Gasteiger partial charge is 0.457 e. The third-order valence-corrected chi connectivity index (χ3v) is 2.64. The van der Waals surface area contributed by atoms with Gasteiger partial charge in [-0.25, -0.2) is 0 Å². The minimum Gasteiger partial charge on any atom is -0.457 e. The van der Waals surface area contributed by atoms with Crippen molar-refractivity contribution in [2.75, 3.05) is 6.54 Å². The second-order valence-electron chi connectivity index (χ2n) is 4.13. The smallest absolute Gasteiger partial charge is 0.387 e. The Morgan fingerprint density at radius 1 is 0.850 bits per heavy atom. The maximum atomic E-state index is 12.0. The Bertz CT molecular complexity index is 527. The lowest BCUT2D eigenvalue weighted by molar-refractivity contribution is -0.0498. The van der Waals surface area contributed by atoms with Crippen LogP contribution in [0.4, 0.5) is 8.78 Å². The van der Waals surface area contributed by atoms with Gasteiger partial charge >= 0.3 is 6.61 Å². The molecule has 0 fully saturated rings. The second-order valence-corrected chi connectivity index (χ2v) is 4.13. The molecule has 0 heterocycles. The van der Waals surface area contributed by atoms with Crippen molar-refractivity contribution >= 4 is 0 Å². The summed E-state index contributed by atoms with van der Waals surface area (Å²) in [5.41, 5.74) is 6.61. The van der Waals surface area contributed by atoms with Gasteiger partial charge in [-0.3, -0.25) is 0 Å². The van der Waals surface area contributed by atoms with E-state index >= 15 is 0 Å². The summed E-state index contributed by atoms with van der Waals surface area (Å²) in [5, 5.41) is 0. The first-order chi connectivity index (χ1) is 9.67. The number of alkyl halides is 2. The van der Waals surface area contributed by atoms with Crippen LogP contribution >= 0.6 is 0 Å². The lowest BCUT2D eigenvalue weighted by Crippen LogP contribution is -2.02. The molecule has 5 heteroatoms. The number of halogens is 2. The van der Waals surface area contributed by atoms with Gasteiger partial charge in [0.25, 0.3) is 0 Å². The fourth-order valence-electron chi connectivity index (χ4n) is 1.72. The van der Waals surface area contributed by atoms with Crippen LogP contribution in [0.5, 0.6) is 17.2 Å². The van der Waals surface area contributed by atoms with Crippen molar-refractivity contribution in [2.24, 2.45) is 5.73 Å². The molecule has 0 amide bonds. The topological polar surface area (TPSA) is 44.5 Å². The van der Waals surface area contributed by atoms with Crippen LogP contribution in [0.2, 0.25) is 0 Å². The standard InChI is InChI=1S/C15H15F2NO2/c16-15(17)20-14-7-5-13(6-8-14)19-12-3-1-11(2-4-12)9-10-18/h1-8,15H,9-10,18H2. The van der Waals surface area contributed by atoms with E-state index in [-0.39, 0.29) is 5.75 Å². The van der Waals surface area contributed by atoms with Crippen LogP contribution < -0.4 is 15.2 Å². The molecule has 0 bridgehead atoms. The van der Waals surface area contributed by atoms with Crippen LogP contribution in [0.1, 0.15) is 5.56 Å². The lowest BCUT2D eigenvalue weighted by Gasteiger charge is -2.08. The first kappa shape index (κ1) is 14.3. The van der Waals surface area contributed by atoms with E-state index in [2.05, 4.69) is 4.74 Å². The molecule has 0 aliphatic heterocycles. The molecule has 2 rings (SSSR count). The fraction of sp³-hybridized carbons (Fsp3) is 0.200. The Balaban J connectivity index is 1.98. The zero-order valence-electron chi connectivity index (χ0n) is 10.8. The van der Waals surface area contributed by atoms with E-state index in [1.165, 1.54) is 12.1 Å². The van der Waals surface area contributed by atoms with Gasteiger partial charge in [-0.15, -0.1) is 0 Å². The SMILES string of the molecule is NCCc1ccc(Oc2ccc(OC(F)F)cc2)cc1. The van der Waals surface area contributed by atoms with Crippen LogP contribution in [-0.2, 0) is 6.42 Å². The summed E-state index contributed by atoms with van der Waals surface area (Å²) in [7, 11) is 0. The molecule has 2 aromatic carbocycles. The summed E-state index contributed by atoms with van der Waals surface area (Å²) in [4.78, 5) is 0. The van der Waals surface area contributed by atoms with Gasteiger partial charge in [0.15, 0.2) is 0 Å². The number of rotatable bonds is 6. The molecule has 0 spiro atoms. The predicted octanol–water partition coefficient (Wildman–Crippen LogP) is 3.58. The Hall–Kier alpha value is -2.14. The van der Waals surface area contributed by atoms with Crippen molar-refractivity contribution < 1.29 is 18.3 Å². The lowest BCUT2D eigenvalue weighted by atomic mass is 10.1. The average Bonchev–Trinajstić information content (AvgIpc) is 2.43. The molecule has 3 nitrogen and oxygen atoms in total. The van der Waals surface area contributed by atoms with Gasteiger partial charge in [0.2, 0.25) is 0 Å². The maximum absolute atomic E-state index is 12.0. The highest BCUT2D eigenvalue weighted by Gasteiger charge is 2.04. The van der Waals surface area contributed by atoms with E-state index in [9.17, 15) is 8.78 Å². The van der Waals surface area contributed by atoms with Crippen molar-refractivity contribution in [1.82, 2.24) is 0 Å². The summed E-state index contributed by atoms with van der Waals surface area (Å²) < 4.78 is 33.9. The van der Waals surface area contributed by atoms with E-state index in [1.807, 2.05) is 24.3 Å². The molecule has 0 aliphatic carbocycles. The molecule has 2 N–H and O–H groups in total. The number of benzene rings is 2. The predicted molar refractivity (Wildman–Crippen MR) is 72.3 cm³/mol. The van der Waals surface area contributed by atoms with Crippen LogP contribution in [0.15, 0.2) is 48.5 Å². The van der Waals surface area contributed by atoms with Gasteiger partial charge in [-0.05, 0) is 54.9 Å². The van der Waals surface area contributed by atoms with E-state index in [4.69, 9.17) is 10.5 Å². The summed E-state index contributed by atoms with van der Waals surface area (Å²) in [6.45, 7) is -2.22. The van der Waals surface area contributed by atoms with E-state index in [0.29, 0.717) is 18.0 Å². The minimum atomic E-state index is -2.82. The third-order valence-electron chi connectivity index (χ3n) is 2.64. The Kier molecular flexibility index (Phi) is 4.90. The van der Waals surface area contributed by atoms with Crippen molar-refractivity contribution in [3.8, 4) is 17.2 Å². The monoisotopic (exact) mass is 279 g/mol. The van der Waals surface area contributed by atoms with Gasteiger partial charge in [-0.1, -0.05) is 12.1 Å². The molecule has 0 aliphatic rings. The second kappa shape index (κ2) is 6.86. The number of nitrogens with two attached hydrogens (primary N) is 1. The van der Waals surface area contributed by atoms with Gasteiger partial charge in [0.05, 0.1) is 0 Å². The van der Waals surface area contributed by atoms with Crippen molar-refractivity contribution in [1.29, 1.82) is 0 Å². The normalized spacial score (nSPS) is 10.6. The van der Waals surface area contributed by atoms with Crippen LogP contribution in [0, 0.1) is 0 Å². The molecule has 0 radical (unpaired) electrons. The minimum absolute atomic E-state index is 0.102. The van der Waals surface area contributed by atoms with Crippen molar-refractivity contribution in [3.05, 3.63) is 54.1 Å². The van der Waals surface area contributed by atoms with Gasteiger partial charge in [0, 0.05) is 0 Å². The molecule has 2 aromatic rings. The molecule has 20 heavy (non-hydrogen) atoms. The Labute approximate surface area is 115 Å². The van der Waals surface area contributed by atoms with E-state index in [1.54, 1.807) is 12.1 Å². The molecule has 0 aromatic heterocycles. The fourth-order valence-corrected chi connectivity index (χ4v) is 1.72. The summed E-state index contributed by atoms with van der Waals surface area (Å²) >= 11 is 0. The van der Waals surface area contributed by atoms with Gasteiger partial charge in [0.1, 0.15) is 17.2 Å². The highest BCUT2D eigenvalue weighted by Crippen LogP contribution is 2.24. The number of hydrogen-bond acceptors (Lipinski definition) is 3. The van der Waals surface area contributed by atoms with E-state index < -0.39 is 6.61 Å².